The molecule has 4 nitrogen and oxygen atoms in total. The summed E-state index contributed by atoms with van der Waals surface area (Å²) in [5.74, 6) is 0.149. The van der Waals surface area contributed by atoms with E-state index >= 15 is 0 Å². The van der Waals surface area contributed by atoms with Crippen molar-refractivity contribution < 1.29 is 9.59 Å². The minimum atomic E-state index is -0.103. The van der Waals surface area contributed by atoms with Gasteiger partial charge in [0.1, 0.15) is 0 Å². The summed E-state index contributed by atoms with van der Waals surface area (Å²) < 4.78 is 0. The number of hydrogen-bond acceptors (Lipinski definition) is 2. The minimum Gasteiger partial charge on any atom is -0.353 e. The summed E-state index contributed by atoms with van der Waals surface area (Å²) in [6.45, 7) is 5.44. The van der Waals surface area contributed by atoms with E-state index in [0.29, 0.717) is 13.0 Å². The normalized spacial score (nSPS) is 17.6. The Kier molecular flexibility index (Phi) is 8.06. The second-order valence-electron chi connectivity index (χ2n) is 8.46. The summed E-state index contributed by atoms with van der Waals surface area (Å²) in [4.78, 5) is 27.8. The van der Waals surface area contributed by atoms with Gasteiger partial charge >= 0.3 is 0 Å². The second-order valence-corrected chi connectivity index (χ2v) is 8.46. The van der Waals surface area contributed by atoms with Gasteiger partial charge < -0.3 is 10.2 Å². The molecule has 1 heterocycles. The molecule has 0 unspecified atom stereocenters. The topological polar surface area (TPSA) is 49.4 Å². The smallest absolute Gasteiger partial charge is 0.225 e. The van der Waals surface area contributed by atoms with Crippen LogP contribution in [0.2, 0.25) is 0 Å². The summed E-state index contributed by atoms with van der Waals surface area (Å²) >= 11 is 0. The van der Waals surface area contributed by atoms with Crippen LogP contribution in [0.5, 0.6) is 0 Å². The maximum absolute atomic E-state index is 13.2. The van der Waals surface area contributed by atoms with Gasteiger partial charge in [0.2, 0.25) is 11.8 Å². The van der Waals surface area contributed by atoms with Crippen molar-refractivity contribution in [3.05, 3.63) is 71.8 Å². The average molecular weight is 407 g/mol. The quantitative estimate of drug-likeness (QED) is 0.688. The Morgan fingerprint density at radius 2 is 1.63 bits per heavy atom. The van der Waals surface area contributed by atoms with E-state index in [1.54, 1.807) is 0 Å². The first-order valence-corrected chi connectivity index (χ1v) is 11.3. The molecule has 1 aliphatic rings. The van der Waals surface area contributed by atoms with Crippen LogP contribution < -0.4 is 5.32 Å². The lowest BCUT2D eigenvalue weighted by Gasteiger charge is -2.33. The highest BCUT2D eigenvalue weighted by Crippen LogP contribution is 2.29. The number of carbonyl (C=O) groups is 2. The van der Waals surface area contributed by atoms with Crippen LogP contribution in [0.25, 0.3) is 0 Å². The molecule has 2 aromatic rings. The Balaban J connectivity index is 1.67. The maximum atomic E-state index is 13.2. The molecule has 0 spiro atoms. The number of hydrogen-bond donors (Lipinski definition) is 1. The average Bonchev–Trinajstić information content (AvgIpc) is 2.78. The van der Waals surface area contributed by atoms with Crippen molar-refractivity contribution in [1.82, 2.24) is 10.2 Å². The number of nitrogens with zero attached hydrogens (tertiary/aromatic N) is 1. The number of piperidine rings is 1. The minimum absolute atomic E-state index is 0.0266. The highest BCUT2D eigenvalue weighted by atomic mass is 16.2. The van der Waals surface area contributed by atoms with E-state index in [1.165, 1.54) is 0 Å². The molecule has 0 radical (unpaired) electrons. The van der Waals surface area contributed by atoms with Gasteiger partial charge in [0.25, 0.3) is 0 Å². The van der Waals surface area contributed by atoms with Crippen LogP contribution in [0.4, 0.5) is 0 Å². The van der Waals surface area contributed by atoms with Crippen LogP contribution in [0.3, 0.4) is 0 Å². The van der Waals surface area contributed by atoms with E-state index in [-0.39, 0.29) is 29.7 Å². The molecular formula is C26H34N2O2. The Labute approximate surface area is 180 Å². The Morgan fingerprint density at radius 3 is 2.20 bits per heavy atom. The van der Waals surface area contributed by atoms with Gasteiger partial charge in [-0.15, -0.1) is 0 Å². The van der Waals surface area contributed by atoms with Crippen molar-refractivity contribution in [2.45, 2.75) is 57.9 Å². The summed E-state index contributed by atoms with van der Waals surface area (Å²) in [5, 5.41) is 3.13. The summed E-state index contributed by atoms with van der Waals surface area (Å²) in [5.41, 5.74) is 2.30. The van der Waals surface area contributed by atoms with Crippen LogP contribution in [0.1, 0.15) is 63.0 Å². The van der Waals surface area contributed by atoms with Crippen LogP contribution in [-0.4, -0.2) is 35.8 Å². The van der Waals surface area contributed by atoms with E-state index in [1.807, 2.05) is 41.3 Å². The van der Waals surface area contributed by atoms with Crippen LogP contribution >= 0.6 is 0 Å². The van der Waals surface area contributed by atoms with Gasteiger partial charge in [-0.3, -0.25) is 9.59 Å². The first-order valence-electron chi connectivity index (χ1n) is 11.3. The first-order chi connectivity index (χ1) is 14.6. The maximum Gasteiger partial charge on any atom is 0.225 e. The molecule has 1 aliphatic heterocycles. The largest absolute Gasteiger partial charge is 0.353 e. The molecular weight excluding hydrogens is 372 g/mol. The first kappa shape index (κ1) is 22.1. The summed E-state index contributed by atoms with van der Waals surface area (Å²) in [6.07, 6.45) is 4.20. The van der Waals surface area contributed by atoms with Crippen LogP contribution in [0, 0.1) is 5.92 Å². The van der Waals surface area contributed by atoms with E-state index in [4.69, 9.17) is 0 Å². The fourth-order valence-electron chi connectivity index (χ4n) is 4.39. The molecule has 0 aromatic heterocycles. The standard InChI is InChI=1S/C26H34N2O2/c1-3-11-20(2)27-26(30)23-16-10-17-28(19-23)25(29)18-24(21-12-6-4-7-13-21)22-14-8-5-9-15-22/h4-9,12-15,20,23-24H,3,10-11,16-19H2,1-2H3,(H,27,30)/t20-,23-/m1/s1. The van der Waals surface area contributed by atoms with E-state index < -0.39 is 0 Å². The highest BCUT2D eigenvalue weighted by Gasteiger charge is 2.30. The number of rotatable bonds is 8. The SMILES string of the molecule is CCC[C@@H](C)NC(=O)[C@@H]1CCCN(C(=O)CC(c2ccccc2)c2ccccc2)C1. The lowest BCUT2D eigenvalue weighted by molar-refractivity contribution is -0.136. The monoisotopic (exact) mass is 406 g/mol. The Bertz CT molecular complexity index is 767. The molecule has 0 aliphatic carbocycles. The van der Waals surface area contributed by atoms with Gasteiger partial charge in [0, 0.05) is 31.5 Å². The molecule has 2 aromatic carbocycles. The molecule has 1 fully saturated rings. The number of likely N-dealkylation sites (tertiary alicyclic amines) is 1. The van der Waals surface area contributed by atoms with Crippen molar-refractivity contribution in [3.63, 3.8) is 0 Å². The van der Waals surface area contributed by atoms with Crippen LogP contribution in [0.15, 0.2) is 60.7 Å². The lowest BCUT2D eigenvalue weighted by Crippen LogP contribution is -2.47. The highest BCUT2D eigenvalue weighted by molar-refractivity contribution is 5.82. The molecule has 1 N–H and O–H groups in total. The van der Waals surface area contributed by atoms with E-state index in [2.05, 4.69) is 43.4 Å². The van der Waals surface area contributed by atoms with Crippen LogP contribution in [-0.2, 0) is 9.59 Å². The summed E-state index contributed by atoms with van der Waals surface area (Å²) in [7, 11) is 0. The van der Waals surface area contributed by atoms with Crippen molar-refractivity contribution in [2.75, 3.05) is 13.1 Å². The number of nitrogens with one attached hydrogen (secondary N) is 1. The van der Waals surface area contributed by atoms with Crippen molar-refractivity contribution in [3.8, 4) is 0 Å². The zero-order valence-electron chi connectivity index (χ0n) is 18.2. The molecule has 4 heteroatoms. The van der Waals surface area contributed by atoms with Gasteiger partial charge in [-0.2, -0.15) is 0 Å². The van der Waals surface area contributed by atoms with Gasteiger partial charge in [-0.05, 0) is 37.3 Å². The van der Waals surface area contributed by atoms with Crippen molar-refractivity contribution in [2.24, 2.45) is 5.92 Å². The fourth-order valence-corrected chi connectivity index (χ4v) is 4.39. The fraction of sp³-hybridized carbons (Fsp3) is 0.462. The molecule has 160 valence electrons. The van der Waals surface area contributed by atoms with Gasteiger partial charge in [-0.25, -0.2) is 0 Å². The van der Waals surface area contributed by atoms with Crippen molar-refractivity contribution in [1.29, 1.82) is 0 Å². The Morgan fingerprint density at radius 1 is 1.03 bits per heavy atom. The molecule has 3 rings (SSSR count). The van der Waals surface area contributed by atoms with E-state index in [9.17, 15) is 9.59 Å². The molecule has 2 amide bonds. The predicted octanol–water partition coefficient (Wildman–Crippen LogP) is 4.75. The lowest BCUT2D eigenvalue weighted by atomic mass is 9.87. The molecule has 0 bridgehead atoms. The third kappa shape index (κ3) is 5.94. The van der Waals surface area contributed by atoms with Gasteiger partial charge in [0.15, 0.2) is 0 Å². The Hall–Kier alpha value is -2.62. The zero-order valence-corrected chi connectivity index (χ0v) is 18.2. The molecule has 30 heavy (non-hydrogen) atoms. The zero-order chi connectivity index (χ0) is 21.3. The summed E-state index contributed by atoms with van der Waals surface area (Å²) in [6, 6.07) is 20.6. The van der Waals surface area contributed by atoms with Gasteiger partial charge in [0.05, 0.1) is 5.92 Å². The third-order valence-corrected chi connectivity index (χ3v) is 6.04. The third-order valence-electron chi connectivity index (χ3n) is 6.04. The second kappa shape index (κ2) is 11.0. The number of amides is 2. The predicted molar refractivity (Wildman–Crippen MR) is 121 cm³/mol. The number of carbonyl (C=O) groups excluding carboxylic acids is 2. The molecule has 1 saturated heterocycles. The molecule has 2 atom stereocenters. The van der Waals surface area contributed by atoms with E-state index in [0.717, 1.165) is 43.4 Å². The number of benzene rings is 2. The van der Waals surface area contributed by atoms with Crippen molar-refractivity contribution >= 4 is 11.8 Å². The molecule has 0 saturated carbocycles. The van der Waals surface area contributed by atoms with Gasteiger partial charge in [-0.1, -0.05) is 74.0 Å².